The number of likely N-dealkylation sites (tertiary alicyclic amines) is 1. The summed E-state index contributed by atoms with van der Waals surface area (Å²) in [5.74, 6) is 0.842. The van der Waals surface area contributed by atoms with Crippen LogP contribution in [0.4, 0.5) is 0 Å². The molecule has 1 aliphatic heterocycles. The summed E-state index contributed by atoms with van der Waals surface area (Å²) in [6, 6.07) is 14.8. The Morgan fingerprint density at radius 1 is 1.09 bits per heavy atom. The molecule has 7 heteroatoms. The standard InChI is InChI=1S/C28H34ClN3O3/c1-19(2)30-27(33)17-32-26(22-7-6-8-23(29)13-22)14-21-9-10-24(15-25(21)28(32)34)35-18-20(3)16-31-11-4-5-12-31/h6-10,13-15,19-20H,4-5,11-12,16-18H2,1-3H3,(H,30,33)/t20-/m0/s1. The molecule has 35 heavy (non-hydrogen) atoms. The highest BCUT2D eigenvalue weighted by Crippen LogP contribution is 2.27. The highest BCUT2D eigenvalue weighted by molar-refractivity contribution is 6.30. The highest BCUT2D eigenvalue weighted by Gasteiger charge is 2.17. The molecule has 3 aromatic rings. The van der Waals surface area contributed by atoms with Crippen molar-refractivity contribution in [3.8, 4) is 17.0 Å². The van der Waals surface area contributed by atoms with Crippen molar-refractivity contribution in [2.24, 2.45) is 5.92 Å². The molecule has 0 saturated carbocycles. The predicted molar refractivity (Wildman–Crippen MR) is 142 cm³/mol. The minimum absolute atomic E-state index is 0.0178. The number of pyridine rings is 1. The zero-order valence-electron chi connectivity index (χ0n) is 20.7. The number of benzene rings is 2. The van der Waals surface area contributed by atoms with Gasteiger partial charge < -0.3 is 15.0 Å². The summed E-state index contributed by atoms with van der Waals surface area (Å²) in [6.07, 6.45) is 2.55. The van der Waals surface area contributed by atoms with E-state index in [0.29, 0.717) is 34.4 Å². The molecule has 0 radical (unpaired) electrons. The van der Waals surface area contributed by atoms with Gasteiger partial charge in [-0.3, -0.25) is 14.2 Å². The van der Waals surface area contributed by atoms with Crippen LogP contribution in [-0.2, 0) is 11.3 Å². The van der Waals surface area contributed by atoms with E-state index in [1.54, 1.807) is 18.2 Å². The van der Waals surface area contributed by atoms with Gasteiger partial charge in [-0.25, -0.2) is 0 Å². The lowest BCUT2D eigenvalue weighted by molar-refractivity contribution is -0.122. The van der Waals surface area contributed by atoms with E-state index in [4.69, 9.17) is 16.3 Å². The van der Waals surface area contributed by atoms with Crippen molar-refractivity contribution < 1.29 is 9.53 Å². The first-order valence-electron chi connectivity index (χ1n) is 12.4. The van der Waals surface area contributed by atoms with Crippen molar-refractivity contribution in [3.05, 3.63) is 63.9 Å². The fourth-order valence-corrected chi connectivity index (χ4v) is 4.86. The lowest BCUT2D eigenvalue weighted by atomic mass is 10.1. The van der Waals surface area contributed by atoms with Crippen LogP contribution in [0.25, 0.3) is 22.0 Å². The van der Waals surface area contributed by atoms with Gasteiger partial charge in [0, 0.05) is 23.5 Å². The van der Waals surface area contributed by atoms with Crippen LogP contribution in [-0.4, -0.2) is 47.7 Å². The van der Waals surface area contributed by atoms with E-state index in [2.05, 4.69) is 17.1 Å². The second kappa shape index (κ2) is 11.3. The Labute approximate surface area is 211 Å². The summed E-state index contributed by atoms with van der Waals surface area (Å²) in [4.78, 5) is 28.7. The molecular weight excluding hydrogens is 462 g/mol. The van der Waals surface area contributed by atoms with E-state index in [1.165, 1.54) is 30.5 Å². The van der Waals surface area contributed by atoms with Gasteiger partial charge in [-0.15, -0.1) is 0 Å². The average Bonchev–Trinajstić information content (AvgIpc) is 3.32. The molecule has 0 aliphatic carbocycles. The van der Waals surface area contributed by atoms with Crippen LogP contribution < -0.4 is 15.6 Å². The summed E-state index contributed by atoms with van der Waals surface area (Å²) in [5.41, 5.74) is 1.20. The molecule has 0 unspecified atom stereocenters. The number of ether oxygens (including phenoxy) is 1. The average molecular weight is 496 g/mol. The Morgan fingerprint density at radius 2 is 1.86 bits per heavy atom. The van der Waals surface area contributed by atoms with Gasteiger partial charge in [0.2, 0.25) is 5.91 Å². The monoisotopic (exact) mass is 495 g/mol. The number of rotatable bonds is 9. The number of nitrogens with one attached hydrogen (secondary N) is 1. The molecule has 2 aromatic carbocycles. The normalized spacial score (nSPS) is 15.0. The third kappa shape index (κ3) is 6.44. The summed E-state index contributed by atoms with van der Waals surface area (Å²) in [6.45, 7) is 9.85. The van der Waals surface area contributed by atoms with Crippen LogP contribution in [0.2, 0.25) is 5.02 Å². The zero-order chi connectivity index (χ0) is 24.9. The minimum atomic E-state index is -0.230. The van der Waals surface area contributed by atoms with E-state index in [1.807, 2.05) is 44.2 Å². The van der Waals surface area contributed by atoms with E-state index in [9.17, 15) is 9.59 Å². The molecular formula is C28H34ClN3O3. The smallest absolute Gasteiger partial charge is 0.259 e. The fourth-order valence-electron chi connectivity index (χ4n) is 4.67. The molecule has 1 aromatic heterocycles. The lowest BCUT2D eigenvalue weighted by Crippen LogP contribution is -2.36. The Bertz CT molecular complexity index is 1250. The second-order valence-electron chi connectivity index (χ2n) is 9.83. The first kappa shape index (κ1) is 25.3. The molecule has 4 rings (SSSR count). The summed E-state index contributed by atoms with van der Waals surface area (Å²) >= 11 is 6.23. The predicted octanol–water partition coefficient (Wildman–Crippen LogP) is 4.96. The zero-order valence-corrected chi connectivity index (χ0v) is 21.5. The number of fused-ring (bicyclic) bond motifs is 1. The van der Waals surface area contributed by atoms with Crippen LogP contribution in [0.3, 0.4) is 0 Å². The minimum Gasteiger partial charge on any atom is -0.493 e. The van der Waals surface area contributed by atoms with Crippen molar-refractivity contribution in [2.75, 3.05) is 26.2 Å². The summed E-state index contributed by atoms with van der Waals surface area (Å²) in [5, 5.41) is 4.77. The molecule has 186 valence electrons. The third-order valence-corrected chi connectivity index (χ3v) is 6.49. The van der Waals surface area contributed by atoms with Crippen LogP contribution >= 0.6 is 11.6 Å². The molecule has 1 aliphatic rings. The molecule has 1 fully saturated rings. The first-order valence-corrected chi connectivity index (χ1v) is 12.8. The second-order valence-corrected chi connectivity index (χ2v) is 10.3. The van der Waals surface area contributed by atoms with Gasteiger partial charge >= 0.3 is 0 Å². The largest absolute Gasteiger partial charge is 0.493 e. The number of carbonyl (C=O) groups excluding carboxylic acids is 1. The highest BCUT2D eigenvalue weighted by atomic mass is 35.5. The fraction of sp³-hybridized carbons (Fsp3) is 0.429. The first-order chi connectivity index (χ1) is 16.8. The number of aromatic nitrogens is 1. The number of hydrogen-bond donors (Lipinski definition) is 1. The van der Waals surface area contributed by atoms with Gasteiger partial charge in [-0.1, -0.05) is 36.7 Å². The third-order valence-electron chi connectivity index (χ3n) is 6.26. The van der Waals surface area contributed by atoms with Gasteiger partial charge in [0.1, 0.15) is 12.3 Å². The van der Waals surface area contributed by atoms with Gasteiger partial charge in [0.25, 0.3) is 5.56 Å². The topological polar surface area (TPSA) is 63.6 Å². The van der Waals surface area contributed by atoms with E-state index in [0.717, 1.165) is 17.5 Å². The molecule has 1 N–H and O–H groups in total. The number of hydrogen-bond acceptors (Lipinski definition) is 4. The Kier molecular flexibility index (Phi) is 8.14. The van der Waals surface area contributed by atoms with Gasteiger partial charge in [0.15, 0.2) is 0 Å². The Hall–Kier alpha value is -2.83. The summed E-state index contributed by atoms with van der Waals surface area (Å²) in [7, 11) is 0. The van der Waals surface area contributed by atoms with E-state index >= 15 is 0 Å². The van der Waals surface area contributed by atoms with E-state index < -0.39 is 0 Å². The van der Waals surface area contributed by atoms with Gasteiger partial charge in [0.05, 0.1) is 17.7 Å². The number of nitrogens with zero attached hydrogens (tertiary/aromatic N) is 2. The number of amides is 1. The van der Waals surface area contributed by atoms with E-state index in [-0.39, 0.29) is 24.1 Å². The van der Waals surface area contributed by atoms with Crippen molar-refractivity contribution in [3.63, 3.8) is 0 Å². The Balaban J connectivity index is 1.65. The van der Waals surface area contributed by atoms with Gasteiger partial charge in [-0.2, -0.15) is 0 Å². The molecule has 6 nitrogen and oxygen atoms in total. The van der Waals surface area contributed by atoms with Gasteiger partial charge in [-0.05, 0) is 81.1 Å². The molecule has 1 atom stereocenters. The summed E-state index contributed by atoms with van der Waals surface area (Å²) < 4.78 is 7.59. The molecule has 0 bridgehead atoms. The SMILES string of the molecule is CC(C)NC(=O)Cn1c(-c2cccc(Cl)c2)cc2ccc(OC[C@@H](C)CN3CCCC3)cc2c1=O. The van der Waals surface area contributed by atoms with Crippen molar-refractivity contribution >= 4 is 28.3 Å². The Morgan fingerprint density at radius 3 is 2.57 bits per heavy atom. The van der Waals surface area contributed by atoms with Crippen LogP contribution in [0.5, 0.6) is 5.75 Å². The van der Waals surface area contributed by atoms with Crippen LogP contribution in [0.15, 0.2) is 53.3 Å². The number of carbonyl (C=O) groups is 1. The maximum Gasteiger partial charge on any atom is 0.259 e. The lowest BCUT2D eigenvalue weighted by Gasteiger charge is -2.20. The number of halogens is 1. The quantitative estimate of drug-likeness (QED) is 0.456. The van der Waals surface area contributed by atoms with Crippen molar-refractivity contribution in [1.82, 2.24) is 14.8 Å². The van der Waals surface area contributed by atoms with Crippen molar-refractivity contribution in [2.45, 2.75) is 46.2 Å². The molecule has 2 heterocycles. The molecule has 1 saturated heterocycles. The maximum atomic E-state index is 13.6. The molecule has 1 amide bonds. The van der Waals surface area contributed by atoms with Crippen LogP contribution in [0, 0.1) is 5.92 Å². The van der Waals surface area contributed by atoms with Crippen LogP contribution in [0.1, 0.15) is 33.6 Å². The maximum absolute atomic E-state index is 13.6. The van der Waals surface area contributed by atoms with Crippen molar-refractivity contribution in [1.29, 1.82) is 0 Å². The molecule has 0 spiro atoms.